The highest BCUT2D eigenvalue weighted by molar-refractivity contribution is 7.89. The van der Waals surface area contributed by atoms with Crippen molar-refractivity contribution in [3.63, 3.8) is 0 Å². The molecule has 2 fully saturated rings. The van der Waals surface area contributed by atoms with Crippen LogP contribution in [0.15, 0.2) is 23.1 Å². The highest BCUT2D eigenvalue weighted by atomic mass is 32.2. The largest absolute Gasteiger partial charge is 0.345 e. The Morgan fingerprint density at radius 3 is 2.59 bits per heavy atom. The fourth-order valence-corrected chi connectivity index (χ4v) is 6.53. The molecule has 1 aromatic rings. The van der Waals surface area contributed by atoms with Crippen LogP contribution in [0.25, 0.3) is 0 Å². The molecule has 1 saturated carbocycles. The first-order valence-electron chi connectivity index (χ1n) is 11.9. The minimum atomic E-state index is -3.69. The average molecular weight is 462 g/mol. The van der Waals surface area contributed by atoms with Gasteiger partial charge in [0, 0.05) is 44.3 Å². The summed E-state index contributed by atoms with van der Waals surface area (Å²) in [6.45, 7) is 5.48. The SMILES string of the molecule is CCCCN(C)C(=O)[C@H]1CCCN(S(=O)(=O)c2ccc3c(c2)C[C@H](C)N3C(=O)C2CC2)C1. The van der Waals surface area contributed by atoms with Gasteiger partial charge in [-0.1, -0.05) is 13.3 Å². The van der Waals surface area contributed by atoms with Crippen molar-refractivity contribution in [3.8, 4) is 0 Å². The number of hydrogen-bond donors (Lipinski definition) is 0. The molecule has 7 nitrogen and oxygen atoms in total. The van der Waals surface area contributed by atoms with E-state index in [-0.39, 0.29) is 41.1 Å². The molecule has 1 aromatic carbocycles. The van der Waals surface area contributed by atoms with Crippen molar-refractivity contribution in [2.24, 2.45) is 11.8 Å². The first-order valence-corrected chi connectivity index (χ1v) is 13.4. The van der Waals surface area contributed by atoms with Crippen molar-refractivity contribution in [2.45, 2.75) is 69.7 Å². The number of benzene rings is 1. The van der Waals surface area contributed by atoms with Crippen LogP contribution in [-0.4, -0.2) is 62.2 Å². The summed E-state index contributed by atoms with van der Waals surface area (Å²) >= 11 is 0. The van der Waals surface area contributed by atoms with Gasteiger partial charge in [0.25, 0.3) is 0 Å². The highest BCUT2D eigenvalue weighted by Crippen LogP contribution is 2.40. The summed E-state index contributed by atoms with van der Waals surface area (Å²) in [5, 5.41) is 0. The summed E-state index contributed by atoms with van der Waals surface area (Å²) in [4.78, 5) is 29.4. The molecule has 176 valence electrons. The fourth-order valence-electron chi connectivity index (χ4n) is 4.96. The number of fused-ring (bicyclic) bond motifs is 1. The van der Waals surface area contributed by atoms with Gasteiger partial charge < -0.3 is 9.80 Å². The molecule has 32 heavy (non-hydrogen) atoms. The third-order valence-electron chi connectivity index (χ3n) is 7.03. The molecule has 0 N–H and O–H groups in total. The van der Waals surface area contributed by atoms with Crippen LogP contribution in [-0.2, 0) is 26.0 Å². The van der Waals surface area contributed by atoms with Crippen LogP contribution in [0.4, 0.5) is 5.69 Å². The second-order valence-electron chi connectivity index (χ2n) is 9.64. The predicted octanol–water partition coefficient (Wildman–Crippen LogP) is 3.03. The lowest BCUT2D eigenvalue weighted by Crippen LogP contribution is -2.46. The van der Waals surface area contributed by atoms with E-state index in [1.165, 1.54) is 4.31 Å². The van der Waals surface area contributed by atoms with Gasteiger partial charge in [-0.25, -0.2) is 8.42 Å². The maximum absolute atomic E-state index is 13.4. The molecule has 8 heteroatoms. The van der Waals surface area contributed by atoms with Crippen LogP contribution in [0.2, 0.25) is 0 Å². The minimum Gasteiger partial charge on any atom is -0.345 e. The van der Waals surface area contributed by atoms with Crippen LogP contribution < -0.4 is 4.90 Å². The summed E-state index contributed by atoms with van der Waals surface area (Å²) in [6.07, 6.45) is 5.94. The summed E-state index contributed by atoms with van der Waals surface area (Å²) in [5.74, 6) is 0.0402. The zero-order chi connectivity index (χ0) is 23.0. The number of anilines is 1. The van der Waals surface area contributed by atoms with Gasteiger partial charge >= 0.3 is 0 Å². The van der Waals surface area contributed by atoms with Gasteiger partial charge in [-0.2, -0.15) is 4.31 Å². The predicted molar refractivity (Wildman–Crippen MR) is 124 cm³/mol. The molecule has 4 rings (SSSR count). The number of piperidine rings is 1. The topological polar surface area (TPSA) is 78.0 Å². The lowest BCUT2D eigenvalue weighted by molar-refractivity contribution is -0.135. The van der Waals surface area contributed by atoms with E-state index >= 15 is 0 Å². The first-order chi connectivity index (χ1) is 15.2. The van der Waals surface area contributed by atoms with Crippen LogP contribution in [0.1, 0.15) is 57.9 Å². The van der Waals surface area contributed by atoms with E-state index in [9.17, 15) is 18.0 Å². The molecule has 1 saturated heterocycles. The van der Waals surface area contributed by atoms with Crippen molar-refractivity contribution in [3.05, 3.63) is 23.8 Å². The normalized spacial score (nSPS) is 23.8. The average Bonchev–Trinajstić information content (AvgIpc) is 3.58. The number of carbonyl (C=O) groups is 2. The number of sulfonamides is 1. The molecule has 0 unspecified atom stereocenters. The number of hydrogen-bond acceptors (Lipinski definition) is 4. The van der Waals surface area contributed by atoms with E-state index in [0.717, 1.165) is 43.4 Å². The van der Waals surface area contributed by atoms with Crippen LogP contribution in [0, 0.1) is 11.8 Å². The van der Waals surface area contributed by atoms with Crippen LogP contribution >= 0.6 is 0 Å². The van der Waals surface area contributed by atoms with Crippen molar-refractivity contribution >= 4 is 27.5 Å². The van der Waals surface area contributed by atoms with Gasteiger partial charge in [-0.15, -0.1) is 0 Å². The van der Waals surface area contributed by atoms with E-state index in [0.29, 0.717) is 25.9 Å². The number of carbonyl (C=O) groups excluding carboxylic acids is 2. The molecule has 0 radical (unpaired) electrons. The molecule has 1 aliphatic carbocycles. The Balaban J connectivity index is 1.50. The van der Waals surface area contributed by atoms with Gasteiger partial charge in [0.15, 0.2) is 0 Å². The molecule has 2 aliphatic heterocycles. The Labute approximate surface area is 191 Å². The van der Waals surface area contributed by atoms with Gasteiger partial charge in [0.1, 0.15) is 0 Å². The Morgan fingerprint density at radius 1 is 1.16 bits per heavy atom. The van der Waals surface area contributed by atoms with Crippen molar-refractivity contribution < 1.29 is 18.0 Å². The summed E-state index contributed by atoms with van der Waals surface area (Å²) in [7, 11) is -1.89. The number of amides is 2. The Morgan fingerprint density at radius 2 is 1.91 bits per heavy atom. The molecule has 2 amide bonds. The minimum absolute atomic E-state index is 0.0374. The molecule has 2 heterocycles. The molecular formula is C24H35N3O4S. The highest BCUT2D eigenvalue weighted by Gasteiger charge is 2.40. The lowest BCUT2D eigenvalue weighted by Gasteiger charge is -2.33. The van der Waals surface area contributed by atoms with E-state index in [1.807, 2.05) is 18.9 Å². The second-order valence-corrected chi connectivity index (χ2v) is 11.6. The van der Waals surface area contributed by atoms with E-state index in [4.69, 9.17) is 0 Å². The van der Waals surface area contributed by atoms with Crippen molar-refractivity contribution in [2.75, 3.05) is 31.6 Å². The zero-order valence-electron chi connectivity index (χ0n) is 19.4. The van der Waals surface area contributed by atoms with Gasteiger partial charge in [-0.05, 0) is 69.2 Å². The molecule has 3 aliphatic rings. The molecule has 0 bridgehead atoms. The summed E-state index contributed by atoms with van der Waals surface area (Å²) < 4.78 is 28.3. The Bertz CT molecular complexity index is 989. The van der Waals surface area contributed by atoms with Gasteiger partial charge in [0.2, 0.25) is 21.8 Å². The Kier molecular flexibility index (Phi) is 6.63. The van der Waals surface area contributed by atoms with E-state index in [1.54, 1.807) is 23.1 Å². The summed E-state index contributed by atoms with van der Waals surface area (Å²) in [6, 6.07) is 5.20. The molecular weight excluding hydrogens is 426 g/mol. The fraction of sp³-hybridized carbons (Fsp3) is 0.667. The second kappa shape index (κ2) is 9.14. The van der Waals surface area contributed by atoms with Crippen LogP contribution in [0.5, 0.6) is 0 Å². The maximum atomic E-state index is 13.4. The third-order valence-corrected chi connectivity index (χ3v) is 8.89. The zero-order valence-corrected chi connectivity index (χ0v) is 20.2. The first kappa shape index (κ1) is 23.2. The number of unbranched alkanes of at least 4 members (excludes halogenated alkanes) is 1. The monoisotopic (exact) mass is 461 g/mol. The smallest absolute Gasteiger partial charge is 0.243 e. The third kappa shape index (κ3) is 4.44. The van der Waals surface area contributed by atoms with Gasteiger partial charge in [0.05, 0.1) is 10.8 Å². The van der Waals surface area contributed by atoms with Crippen molar-refractivity contribution in [1.82, 2.24) is 9.21 Å². The van der Waals surface area contributed by atoms with Crippen LogP contribution in [0.3, 0.4) is 0 Å². The van der Waals surface area contributed by atoms with Crippen molar-refractivity contribution in [1.29, 1.82) is 0 Å². The summed E-state index contributed by atoms with van der Waals surface area (Å²) in [5.41, 5.74) is 1.76. The lowest BCUT2D eigenvalue weighted by atomic mass is 9.98. The standard InChI is InChI=1S/C24H35N3O4S/c1-4-5-12-25(3)23(28)19-7-6-13-26(16-19)32(30,31)21-10-11-22-20(15-21)14-17(2)27(22)24(29)18-8-9-18/h10-11,15,17-19H,4-9,12-14,16H2,1-3H3/t17-,19-/m0/s1. The van der Waals surface area contributed by atoms with E-state index in [2.05, 4.69) is 6.92 Å². The van der Waals surface area contributed by atoms with E-state index < -0.39 is 10.0 Å². The maximum Gasteiger partial charge on any atom is 0.243 e. The molecule has 0 aromatic heterocycles. The Hall–Kier alpha value is -1.93. The molecule has 0 spiro atoms. The number of rotatable bonds is 7. The molecule has 2 atom stereocenters. The number of nitrogens with zero attached hydrogens (tertiary/aromatic N) is 3. The van der Waals surface area contributed by atoms with Gasteiger partial charge in [-0.3, -0.25) is 9.59 Å². The quantitative estimate of drug-likeness (QED) is 0.625.